The molecule has 5 rings (SSSR count). The zero-order valence-corrected chi connectivity index (χ0v) is 17.8. The number of nitrogens with one attached hydrogen (secondary N) is 1. The number of carbonyl (C=O) groups excluding carboxylic acids is 1. The Balaban J connectivity index is 1.34. The first kappa shape index (κ1) is 19.6. The van der Waals surface area contributed by atoms with Crippen LogP contribution in [0.4, 0.5) is 10.9 Å². The number of amides is 1. The molecular weight excluding hydrogens is 412 g/mol. The Bertz CT molecular complexity index is 1230. The first-order chi connectivity index (χ1) is 15.1. The number of carbonyl (C=O) groups is 1. The first-order valence-corrected chi connectivity index (χ1v) is 11.1. The number of rotatable bonds is 4. The predicted molar refractivity (Wildman–Crippen MR) is 119 cm³/mol. The summed E-state index contributed by atoms with van der Waals surface area (Å²) in [5.74, 6) is 0.959. The number of thiazole rings is 1. The summed E-state index contributed by atoms with van der Waals surface area (Å²) in [5, 5.41) is 5.55. The number of fused-ring (bicyclic) bond motifs is 1. The Morgan fingerprint density at radius 1 is 1.16 bits per heavy atom. The lowest BCUT2D eigenvalue weighted by atomic mass is 9.85. The number of imidazole rings is 1. The molecule has 4 heterocycles. The molecule has 0 saturated heterocycles. The fourth-order valence-corrected chi connectivity index (χ4v) is 4.76. The van der Waals surface area contributed by atoms with Crippen molar-refractivity contribution in [2.24, 2.45) is 5.92 Å². The third kappa shape index (κ3) is 3.86. The highest BCUT2D eigenvalue weighted by atomic mass is 32.1. The summed E-state index contributed by atoms with van der Waals surface area (Å²) in [6.07, 6.45) is 8.54. The van der Waals surface area contributed by atoms with Gasteiger partial charge in [-0.15, -0.1) is 11.3 Å². The molecule has 1 aliphatic carbocycles. The fraction of sp³-hybridized carbons (Fsp3) is 0.333. The molecule has 10 heteroatoms. The largest absolute Gasteiger partial charge is 0.382 e. The van der Waals surface area contributed by atoms with Gasteiger partial charge >= 0.3 is 0 Å². The van der Waals surface area contributed by atoms with Gasteiger partial charge in [-0.2, -0.15) is 0 Å². The Labute approximate surface area is 182 Å². The maximum atomic E-state index is 12.6. The minimum absolute atomic E-state index is 0.0117. The quantitative estimate of drug-likeness (QED) is 0.503. The molecule has 158 valence electrons. The normalized spacial score (nSPS) is 18.9. The number of hydrogen-bond acceptors (Lipinski definition) is 8. The summed E-state index contributed by atoms with van der Waals surface area (Å²) < 4.78 is 2.08. The zero-order chi connectivity index (χ0) is 21.4. The smallest absolute Gasteiger partial charge is 0.229 e. The molecule has 0 spiro atoms. The number of nitrogen functional groups attached to an aromatic ring is 1. The van der Waals surface area contributed by atoms with Crippen molar-refractivity contribution in [3.8, 4) is 11.4 Å². The molecule has 1 saturated carbocycles. The van der Waals surface area contributed by atoms with Crippen molar-refractivity contribution in [1.82, 2.24) is 29.5 Å². The minimum atomic E-state index is -0.0117. The predicted octanol–water partition coefficient (Wildman–Crippen LogP) is 3.61. The average molecular weight is 435 g/mol. The van der Waals surface area contributed by atoms with Crippen LogP contribution in [0.25, 0.3) is 22.6 Å². The van der Waals surface area contributed by atoms with Crippen LogP contribution < -0.4 is 11.1 Å². The molecule has 31 heavy (non-hydrogen) atoms. The number of aryl methyl sites for hydroxylation is 1. The van der Waals surface area contributed by atoms with E-state index in [9.17, 15) is 4.79 Å². The van der Waals surface area contributed by atoms with E-state index in [2.05, 4.69) is 29.8 Å². The Hall–Kier alpha value is -3.40. The molecule has 0 unspecified atom stereocenters. The van der Waals surface area contributed by atoms with Gasteiger partial charge in [0.1, 0.15) is 5.52 Å². The number of nitrogens with two attached hydrogens (primary N) is 1. The maximum Gasteiger partial charge on any atom is 0.229 e. The van der Waals surface area contributed by atoms with Crippen LogP contribution in [0.15, 0.2) is 36.2 Å². The van der Waals surface area contributed by atoms with E-state index in [4.69, 9.17) is 10.7 Å². The Morgan fingerprint density at radius 2 is 1.94 bits per heavy atom. The second kappa shape index (κ2) is 8.03. The minimum Gasteiger partial charge on any atom is -0.382 e. The van der Waals surface area contributed by atoms with E-state index >= 15 is 0 Å². The first-order valence-electron chi connectivity index (χ1n) is 10.2. The van der Waals surface area contributed by atoms with Crippen molar-refractivity contribution < 1.29 is 4.79 Å². The van der Waals surface area contributed by atoms with Crippen LogP contribution in [0.3, 0.4) is 0 Å². The van der Waals surface area contributed by atoms with E-state index in [1.165, 1.54) is 11.3 Å². The van der Waals surface area contributed by atoms with Crippen LogP contribution >= 0.6 is 11.3 Å². The molecule has 1 fully saturated rings. The standard InChI is InChI=1S/C21H22N8OS/c1-12-10-31-21(25-12)28-20(30)14-2-4-15(5-3-14)29-11-24-16-17(22)26-18(27-19(16)29)13-6-8-23-9-7-13/h6-11,14-15H,2-5H2,1H3,(H2,22,26,27)(H,25,28,30). The highest BCUT2D eigenvalue weighted by Crippen LogP contribution is 2.35. The molecule has 3 N–H and O–H groups in total. The van der Waals surface area contributed by atoms with Crippen molar-refractivity contribution in [3.05, 3.63) is 41.9 Å². The number of pyridine rings is 1. The fourth-order valence-electron chi connectivity index (χ4n) is 4.07. The van der Waals surface area contributed by atoms with Crippen LogP contribution in [0.1, 0.15) is 37.4 Å². The van der Waals surface area contributed by atoms with Crippen molar-refractivity contribution in [3.63, 3.8) is 0 Å². The van der Waals surface area contributed by atoms with Crippen molar-refractivity contribution in [2.75, 3.05) is 11.1 Å². The molecule has 1 aliphatic rings. The van der Waals surface area contributed by atoms with Gasteiger partial charge in [-0.05, 0) is 44.7 Å². The molecule has 9 nitrogen and oxygen atoms in total. The van der Waals surface area contributed by atoms with Gasteiger partial charge in [-0.25, -0.2) is 19.9 Å². The van der Waals surface area contributed by atoms with E-state index in [-0.39, 0.29) is 17.9 Å². The van der Waals surface area contributed by atoms with Gasteiger partial charge in [0.15, 0.2) is 22.4 Å². The van der Waals surface area contributed by atoms with E-state index in [1.54, 1.807) is 18.7 Å². The third-order valence-corrected chi connectivity index (χ3v) is 6.57. The summed E-state index contributed by atoms with van der Waals surface area (Å²) in [6.45, 7) is 1.92. The van der Waals surface area contributed by atoms with Gasteiger partial charge in [-0.1, -0.05) is 0 Å². The number of hydrogen-bond donors (Lipinski definition) is 2. The monoisotopic (exact) mass is 434 g/mol. The van der Waals surface area contributed by atoms with E-state index in [0.717, 1.165) is 42.6 Å². The van der Waals surface area contributed by atoms with Gasteiger partial charge in [0.05, 0.1) is 12.0 Å². The molecule has 0 bridgehead atoms. The summed E-state index contributed by atoms with van der Waals surface area (Å²) in [5.41, 5.74) is 9.28. The molecule has 0 radical (unpaired) electrons. The molecule has 0 aromatic carbocycles. The summed E-state index contributed by atoms with van der Waals surface area (Å²) in [4.78, 5) is 34.6. The highest BCUT2D eigenvalue weighted by Gasteiger charge is 2.29. The lowest BCUT2D eigenvalue weighted by Gasteiger charge is -2.28. The van der Waals surface area contributed by atoms with Gasteiger partial charge < -0.3 is 15.6 Å². The topological polar surface area (TPSA) is 124 Å². The maximum absolute atomic E-state index is 12.6. The van der Waals surface area contributed by atoms with Gasteiger partial charge in [0, 0.05) is 35.3 Å². The summed E-state index contributed by atoms with van der Waals surface area (Å²) in [6, 6.07) is 3.93. The molecule has 0 atom stereocenters. The Morgan fingerprint density at radius 3 is 2.65 bits per heavy atom. The number of nitrogens with zero attached hydrogens (tertiary/aromatic N) is 6. The highest BCUT2D eigenvalue weighted by molar-refractivity contribution is 7.13. The lowest BCUT2D eigenvalue weighted by Crippen LogP contribution is -2.28. The second-order valence-corrected chi connectivity index (χ2v) is 8.64. The van der Waals surface area contributed by atoms with Crippen LogP contribution in [0, 0.1) is 12.8 Å². The number of aromatic nitrogens is 6. The van der Waals surface area contributed by atoms with Gasteiger partial charge in [0.2, 0.25) is 5.91 Å². The SMILES string of the molecule is Cc1csc(NC(=O)C2CCC(n3cnc4c(N)nc(-c5ccncc5)nc43)CC2)n1. The van der Waals surface area contributed by atoms with Crippen molar-refractivity contribution in [1.29, 1.82) is 0 Å². The molecule has 4 aromatic rings. The van der Waals surface area contributed by atoms with E-state index in [0.29, 0.717) is 22.3 Å². The van der Waals surface area contributed by atoms with Crippen LogP contribution in [-0.4, -0.2) is 35.4 Å². The number of anilines is 2. The van der Waals surface area contributed by atoms with Crippen molar-refractivity contribution >= 4 is 39.4 Å². The molecule has 4 aromatic heterocycles. The summed E-state index contributed by atoms with van der Waals surface area (Å²) >= 11 is 1.46. The molecule has 1 amide bonds. The van der Waals surface area contributed by atoms with E-state index in [1.807, 2.05) is 24.4 Å². The average Bonchev–Trinajstić information content (AvgIpc) is 3.40. The van der Waals surface area contributed by atoms with Gasteiger partial charge in [0.25, 0.3) is 0 Å². The van der Waals surface area contributed by atoms with Crippen LogP contribution in [0.5, 0.6) is 0 Å². The Kier molecular flexibility index (Phi) is 5.06. The van der Waals surface area contributed by atoms with Crippen molar-refractivity contribution in [2.45, 2.75) is 38.6 Å². The second-order valence-electron chi connectivity index (χ2n) is 7.78. The van der Waals surface area contributed by atoms with Gasteiger partial charge in [-0.3, -0.25) is 9.78 Å². The zero-order valence-electron chi connectivity index (χ0n) is 17.0. The lowest BCUT2D eigenvalue weighted by molar-refractivity contribution is -0.120. The third-order valence-electron chi connectivity index (χ3n) is 5.70. The van der Waals surface area contributed by atoms with Crippen LogP contribution in [0.2, 0.25) is 0 Å². The molecule has 0 aliphatic heterocycles. The van der Waals surface area contributed by atoms with Crippen LogP contribution in [-0.2, 0) is 4.79 Å². The summed E-state index contributed by atoms with van der Waals surface area (Å²) in [7, 11) is 0. The van der Waals surface area contributed by atoms with E-state index < -0.39 is 0 Å². The molecular formula is C21H22N8OS.